The molecule has 0 unspecified atom stereocenters. The van der Waals surface area contributed by atoms with E-state index in [2.05, 4.69) is 25.3 Å². The highest BCUT2D eigenvalue weighted by Gasteiger charge is 2.46. The van der Waals surface area contributed by atoms with E-state index in [9.17, 15) is 14.7 Å². The molecule has 174 valence electrons. The summed E-state index contributed by atoms with van der Waals surface area (Å²) < 4.78 is 5.68. The van der Waals surface area contributed by atoms with Crippen molar-refractivity contribution in [2.75, 3.05) is 32.8 Å². The maximum atomic E-state index is 13.2. The summed E-state index contributed by atoms with van der Waals surface area (Å²) in [6.45, 7) is 12.8. The van der Waals surface area contributed by atoms with Gasteiger partial charge in [0.2, 0.25) is 0 Å². The predicted octanol–water partition coefficient (Wildman–Crippen LogP) is 4.32. The van der Waals surface area contributed by atoms with Crippen LogP contribution in [-0.4, -0.2) is 59.4 Å². The second kappa shape index (κ2) is 11.0. The van der Waals surface area contributed by atoms with Gasteiger partial charge in [0.05, 0.1) is 11.6 Å². The molecule has 1 amide bonds. The Kier molecular flexibility index (Phi) is 8.06. The fourth-order valence-corrected chi connectivity index (χ4v) is 4.04. The standard InChI is InChI=1S/C27H32N2O4/c1-5-17-33-22-10-8-9-21(18-22)24-23(25(30)20-13-11-19(4)12-14-20)26(31)27(32)29(24)16-15-28(6-2)7-3/h5,8-14,18,24,30H,1,6-7,15-17H2,2-4H3/b25-23+/t24-/m1/s1. The molecule has 0 aromatic heterocycles. The highest BCUT2D eigenvalue weighted by Crippen LogP contribution is 2.40. The topological polar surface area (TPSA) is 70.1 Å². The Balaban J connectivity index is 2.09. The molecular formula is C27H32N2O4. The predicted molar refractivity (Wildman–Crippen MR) is 130 cm³/mol. The number of hydrogen-bond donors (Lipinski definition) is 1. The molecule has 2 aromatic rings. The van der Waals surface area contributed by atoms with Crippen LogP contribution < -0.4 is 4.74 Å². The zero-order chi connectivity index (χ0) is 24.0. The van der Waals surface area contributed by atoms with E-state index in [4.69, 9.17) is 4.74 Å². The van der Waals surface area contributed by atoms with Crippen molar-refractivity contribution < 1.29 is 19.4 Å². The number of hydrogen-bond acceptors (Lipinski definition) is 5. The van der Waals surface area contributed by atoms with Crippen molar-refractivity contribution in [2.24, 2.45) is 0 Å². The van der Waals surface area contributed by atoms with Gasteiger partial charge in [-0.3, -0.25) is 9.59 Å². The van der Waals surface area contributed by atoms with Gasteiger partial charge < -0.3 is 19.6 Å². The third-order valence-electron chi connectivity index (χ3n) is 5.96. The summed E-state index contributed by atoms with van der Waals surface area (Å²) >= 11 is 0. The summed E-state index contributed by atoms with van der Waals surface area (Å²) in [4.78, 5) is 30.0. The minimum absolute atomic E-state index is 0.101. The van der Waals surface area contributed by atoms with Crippen molar-refractivity contribution in [3.8, 4) is 5.75 Å². The number of rotatable bonds is 10. The lowest BCUT2D eigenvalue weighted by molar-refractivity contribution is -0.140. The first kappa shape index (κ1) is 24.3. The first-order valence-corrected chi connectivity index (χ1v) is 11.3. The molecule has 6 heteroatoms. The number of amides is 1. The summed E-state index contributed by atoms with van der Waals surface area (Å²) in [5, 5.41) is 11.2. The Morgan fingerprint density at radius 3 is 2.48 bits per heavy atom. The van der Waals surface area contributed by atoms with E-state index in [-0.39, 0.29) is 11.3 Å². The van der Waals surface area contributed by atoms with Crippen LogP contribution in [0.2, 0.25) is 0 Å². The number of ether oxygens (including phenoxy) is 1. The molecule has 0 bridgehead atoms. The molecule has 1 saturated heterocycles. The lowest BCUT2D eigenvalue weighted by Crippen LogP contribution is -2.38. The van der Waals surface area contributed by atoms with Gasteiger partial charge in [-0.1, -0.05) is 68.5 Å². The summed E-state index contributed by atoms with van der Waals surface area (Å²) in [6.07, 6.45) is 1.65. The molecule has 1 fully saturated rings. The number of likely N-dealkylation sites (N-methyl/N-ethyl adjacent to an activating group) is 1. The van der Waals surface area contributed by atoms with Gasteiger partial charge in [0.25, 0.3) is 11.7 Å². The smallest absolute Gasteiger partial charge is 0.295 e. The van der Waals surface area contributed by atoms with Crippen LogP contribution in [0, 0.1) is 6.92 Å². The van der Waals surface area contributed by atoms with Gasteiger partial charge in [-0.15, -0.1) is 0 Å². The molecule has 1 aliphatic heterocycles. The van der Waals surface area contributed by atoms with E-state index in [1.807, 2.05) is 43.3 Å². The van der Waals surface area contributed by atoms with Crippen molar-refractivity contribution in [1.29, 1.82) is 0 Å². The first-order chi connectivity index (χ1) is 15.9. The Morgan fingerprint density at radius 1 is 1.15 bits per heavy atom. The van der Waals surface area contributed by atoms with Gasteiger partial charge in [-0.2, -0.15) is 0 Å². The molecule has 1 heterocycles. The van der Waals surface area contributed by atoms with Crippen LogP contribution in [0.25, 0.3) is 5.76 Å². The average molecular weight is 449 g/mol. The average Bonchev–Trinajstić information content (AvgIpc) is 3.08. The van der Waals surface area contributed by atoms with Gasteiger partial charge in [0.15, 0.2) is 0 Å². The molecule has 0 radical (unpaired) electrons. The van der Waals surface area contributed by atoms with E-state index < -0.39 is 17.7 Å². The fraction of sp³-hybridized carbons (Fsp3) is 0.333. The number of ketones is 1. The van der Waals surface area contributed by atoms with E-state index in [1.165, 1.54) is 0 Å². The Morgan fingerprint density at radius 2 is 1.85 bits per heavy atom. The maximum Gasteiger partial charge on any atom is 0.295 e. The number of aliphatic hydroxyl groups is 1. The monoisotopic (exact) mass is 448 g/mol. The molecule has 6 nitrogen and oxygen atoms in total. The minimum atomic E-state index is -0.700. The highest BCUT2D eigenvalue weighted by atomic mass is 16.5. The van der Waals surface area contributed by atoms with Crippen LogP contribution in [0.3, 0.4) is 0 Å². The van der Waals surface area contributed by atoms with Crippen molar-refractivity contribution in [3.05, 3.63) is 83.4 Å². The van der Waals surface area contributed by atoms with Crippen molar-refractivity contribution in [2.45, 2.75) is 26.8 Å². The summed E-state index contributed by atoms with van der Waals surface area (Å²) in [5.74, 6) is -0.827. The molecule has 0 spiro atoms. The third kappa shape index (κ3) is 5.34. The largest absolute Gasteiger partial charge is 0.507 e. The van der Waals surface area contributed by atoms with Crippen molar-refractivity contribution in [3.63, 3.8) is 0 Å². The lowest BCUT2D eigenvalue weighted by atomic mass is 9.95. The van der Waals surface area contributed by atoms with E-state index in [0.29, 0.717) is 36.6 Å². The molecule has 1 N–H and O–H groups in total. The Bertz CT molecular complexity index is 1040. The fourth-order valence-electron chi connectivity index (χ4n) is 4.04. The van der Waals surface area contributed by atoms with E-state index in [0.717, 1.165) is 18.7 Å². The molecule has 1 atom stereocenters. The van der Waals surface area contributed by atoms with Crippen LogP contribution in [0.15, 0.2) is 66.8 Å². The number of Topliss-reactive ketones (excluding diaryl/α,β-unsaturated/α-hetero) is 1. The summed E-state index contributed by atoms with van der Waals surface area (Å²) in [7, 11) is 0. The number of aliphatic hydroxyl groups excluding tert-OH is 1. The van der Waals surface area contributed by atoms with E-state index in [1.54, 1.807) is 23.1 Å². The Hall–Kier alpha value is -3.38. The second-order valence-electron chi connectivity index (χ2n) is 8.06. The van der Waals surface area contributed by atoms with Crippen LogP contribution in [0.1, 0.15) is 36.6 Å². The lowest BCUT2D eigenvalue weighted by Gasteiger charge is -2.28. The molecule has 2 aromatic carbocycles. The third-order valence-corrected chi connectivity index (χ3v) is 5.96. The van der Waals surface area contributed by atoms with Gasteiger partial charge >= 0.3 is 0 Å². The quantitative estimate of drug-likeness (QED) is 0.254. The number of nitrogens with zero attached hydrogens (tertiary/aromatic N) is 2. The number of carbonyl (C=O) groups is 2. The zero-order valence-corrected chi connectivity index (χ0v) is 19.6. The number of benzene rings is 2. The van der Waals surface area contributed by atoms with Crippen LogP contribution in [0.4, 0.5) is 0 Å². The van der Waals surface area contributed by atoms with Crippen LogP contribution in [-0.2, 0) is 9.59 Å². The highest BCUT2D eigenvalue weighted by molar-refractivity contribution is 6.46. The van der Waals surface area contributed by atoms with Gasteiger partial charge in [-0.05, 0) is 37.7 Å². The normalized spacial score (nSPS) is 17.6. The van der Waals surface area contributed by atoms with Crippen LogP contribution >= 0.6 is 0 Å². The second-order valence-corrected chi connectivity index (χ2v) is 8.06. The summed E-state index contributed by atoms with van der Waals surface area (Å²) in [5.41, 5.74) is 2.36. The summed E-state index contributed by atoms with van der Waals surface area (Å²) in [6, 6.07) is 13.8. The van der Waals surface area contributed by atoms with E-state index >= 15 is 0 Å². The molecule has 3 rings (SSSR count). The van der Waals surface area contributed by atoms with Gasteiger partial charge in [0.1, 0.15) is 18.1 Å². The van der Waals surface area contributed by atoms with Crippen molar-refractivity contribution in [1.82, 2.24) is 9.80 Å². The van der Waals surface area contributed by atoms with Gasteiger partial charge in [0, 0.05) is 18.7 Å². The molecular weight excluding hydrogens is 416 g/mol. The Labute approximate surface area is 195 Å². The molecule has 0 aliphatic carbocycles. The molecule has 1 aliphatic rings. The minimum Gasteiger partial charge on any atom is -0.507 e. The van der Waals surface area contributed by atoms with Crippen LogP contribution in [0.5, 0.6) is 5.75 Å². The number of likely N-dealkylation sites (tertiary alicyclic amines) is 1. The van der Waals surface area contributed by atoms with Crippen molar-refractivity contribution >= 4 is 17.4 Å². The van der Waals surface area contributed by atoms with Gasteiger partial charge in [-0.25, -0.2) is 0 Å². The molecule has 33 heavy (non-hydrogen) atoms. The number of carbonyl (C=O) groups excluding carboxylic acids is 2. The maximum absolute atomic E-state index is 13.2. The number of aryl methyl sites for hydroxylation is 1. The molecule has 0 saturated carbocycles. The first-order valence-electron chi connectivity index (χ1n) is 11.3. The zero-order valence-electron chi connectivity index (χ0n) is 19.6. The SMILES string of the molecule is C=CCOc1cccc([C@@H]2/C(=C(\O)c3ccc(C)cc3)C(=O)C(=O)N2CCN(CC)CC)c1.